The van der Waals surface area contributed by atoms with Crippen LogP contribution in [0.4, 0.5) is 4.39 Å². The average molecular weight is 506 g/mol. The lowest BCUT2D eigenvalue weighted by Crippen LogP contribution is -2.54. The van der Waals surface area contributed by atoms with Crippen molar-refractivity contribution in [2.24, 2.45) is 0 Å². The molecule has 3 aromatic rings. The van der Waals surface area contributed by atoms with Gasteiger partial charge in [0.1, 0.15) is 11.9 Å². The van der Waals surface area contributed by atoms with Crippen molar-refractivity contribution >= 4 is 22.6 Å². The number of nitrogens with zero attached hydrogens (tertiary/aromatic N) is 3. The monoisotopic (exact) mass is 505 g/mol. The third kappa shape index (κ3) is 4.46. The first kappa shape index (κ1) is 23.6. The van der Waals surface area contributed by atoms with Gasteiger partial charge < -0.3 is 19.9 Å². The van der Waals surface area contributed by atoms with Crippen LogP contribution in [-0.2, 0) is 17.6 Å². The SMILES string of the molecule is O=C(c1cc(Cc2n[nH]c(=O)c3ccccc23)cc2c1OCC2)N1CCN(C(=O)C2CC(F)CN2)CC1. The van der Waals surface area contributed by atoms with E-state index in [1.807, 2.05) is 30.3 Å². The summed E-state index contributed by atoms with van der Waals surface area (Å²) in [6, 6.07) is 10.8. The van der Waals surface area contributed by atoms with Gasteiger partial charge in [0, 0.05) is 57.4 Å². The van der Waals surface area contributed by atoms with Crippen molar-refractivity contribution in [3.63, 3.8) is 0 Å². The van der Waals surface area contributed by atoms with Crippen molar-refractivity contribution in [2.45, 2.75) is 31.5 Å². The Morgan fingerprint density at radius 3 is 2.59 bits per heavy atom. The topological polar surface area (TPSA) is 108 Å². The van der Waals surface area contributed by atoms with E-state index in [-0.39, 0.29) is 30.3 Å². The number of hydrogen-bond acceptors (Lipinski definition) is 6. The zero-order valence-electron chi connectivity index (χ0n) is 20.3. The second-order valence-electron chi connectivity index (χ2n) is 9.86. The number of alkyl halides is 1. The maximum absolute atomic E-state index is 13.6. The minimum Gasteiger partial charge on any atom is -0.492 e. The third-order valence-corrected chi connectivity index (χ3v) is 7.47. The minimum atomic E-state index is -0.990. The molecule has 2 aromatic carbocycles. The summed E-state index contributed by atoms with van der Waals surface area (Å²) in [5, 5.41) is 11.2. The Morgan fingerprint density at radius 1 is 1.08 bits per heavy atom. The molecule has 2 N–H and O–H groups in total. The number of fused-ring (bicyclic) bond motifs is 2. The van der Waals surface area contributed by atoms with Gasteiger partial charge in [0.15, 0.2) is 0 Å². The van der Waals surface area contributed by atoms with E-state index < -0.39 is 12.2 Å². The van der Waals surface area contributed by atoms with E-state index in [2.05, 4.69) is 15.5 Å². The Morgan fingerprint density at radius 2 is 1.84 bits per heavy atom. The van der Waals surface area contributed by atoms with Crippen molar-refractivity contribution in [1.82, 2.24) is 25.3 Å². The molecule has 1 aromatic heterocycles. The van der Waals surface area contributed by atoms with E-state index in [1.165, 1.54) is 0 Å². The summed E-state index contributed by atoms with van der Waals surface area (Å²) in [7, 11) is 0. The number of carbonyl (C=O) groups is 2. The quantitative estimate of drug-likeness (QED) is 0.556. The number of carbonyl (C=O) groups excluding carboxylic acids is 2. The van der Waals surface area contributed by atoms with Gasteiger partial charge in [-0.15, -0.1) is 0 Å². The third-order valence-electron chi connectivity index (χ3n) is 7.47. The molecule has 0 aliphatic carbocycles. The van der Waals surface area contributed by atoms with E-state index in [0.29, 0.717) is 55.9 Å². The molecule has 2 saturated heterocycles. The van der Waals surface area contributed by atoms with Gasteiger partial charge in [0.2, 0.25) is 5.91 Å². The molecule has 37 heavy (non-hydrogen) atoms. The molecule has 0 saturated carbocycles. The van der Waals surface area contributed by atoms with E-state index in [0.717, 1.165) is 28.6 Å². The zero-order valence-corrected chi connectivity index (χ0v) is 20.3. The zero-order chi connectivity index (χ0) is 25.5. The predicted molar refractivity (Wildman–Crippen MR) is 135 cm³/mol. The van der Waals surface area contributed by atoms with Crippen molar-refractivity contribution in [2.75, 3.05) is 39.3 Å². The van der Waals surface area contributed by atoms with Crippen molar-refractivity contribution < 1.29 is 18.7 Å². The molecule has 2 unspecified atom stereocenters. The Balaban J connectivity index is 1.22. The molecule has 6 rings (SSSR count). The van der Waals surface area contributed by atoms with Gasteiger partial charge in [0.25, 0.3) is 11.5 Å². The summed E-state index contributed by atoms with van der Waals surface area (Å²) in [5.41, 5.74) is 2.91. The first-order valence-corrected chi connectivity index (χ1v) is 12.7. The van der Waals surface area contributed by atoms with Crippen LogP contribution in [0.15, 0.2) is 41.2 Å². The van der Waals surface area contributed by atoms with Crippen LogP contribution >= 0.6 is 0 Å². The summed E-state index contributed by atoms with van der Waals surface area (Å²) < 4.78 is 19.4. The number of amides is 2. The molecule has 0 radical (unpaired) electrons. The van der Waals surface area contributed by atoms with Gasteiger partial charge in [-0.05, 0) is 23.3 Å². The molecule has 4 heterocycles. The van der Waals surface area contributed by atoms with E-state index in [4.69, 9.17) is 4.74 Å². The van der Waals surface area contributed by atoms with Gasteiger partial charge in [0.05, 0.1) is 29.3 Å². The number of piperazine rings is 1. The second kappa shape index (κ2) is 9.59. The van der Waals surface area contributed by atoms with Crippen molar-refractivity contribution in [3.8, 4) is 5.75 Å². The molecule has 9 nitrogen and oxygen atoms in total. The summed E-state index contributed by atoms with van der Waals surface area (Å²) in [5.74, 6) is 0.393. The fourth-order valence-corrected chi connectivity index (χ4v) is 5.54. The summed E-state index contributed by atoms with van der Waals surface area (Å²) in [6.07, 6.45) is 0.385. The van der Waals surface area contributed by atoms with Gasteiger partial charge in [-0.3, -0.25) is 14.4 Å². The maximum Gasteiger partial charge on any atom is 0.272 e. The molecule has 3 aliphatic heterocycles. The summed E-state index contributed by atoms with van der Waals surface area (Å²) in [6.45, 7) is 2.36. The first-order valence-electron chi connectivity index (χ1n) is 12.7. The lowest BCUT2D eigenvalue weighted by molar-refractivity contribution is -0.134. The molecular formula is C27H28FN5O4. The highest BCUT2D eigenvalue weighted by Crippen LogP contribution is 2.33. The number of halogens is 1. The van der Waals surface area contributed by atoms with Crippen LogP contribution in [0.1, 0.15) is 33.6 Å². The highest BCUT2D eigenvalue weighted by Gasteiger charge is 2.35. The Bertz CT molecular complexity index is 1430. The predicted octanol–water partition coefficient (Wildman–Crippen LogP) is 1.43. The van der Waals surface area contributed by atoms with Crippen molar-refractivity contribution in [3.05, 3.63) is 69.1 Å². The van der Waals surface area contributed by atoms with E-state index >= 15 is 0 Å². The van der Waals surface area contributed by atoms with Gasteiger partial charge in [-0.25, -0.2) is 9.49 Å². The van der Waals surface area contributed by atoms with Gasteiger partial charge in [-0.2, -0.15) is 5.10 Å². The Labute approximate surface area is 212 Å². The minimum absolute atomic E-state index is 0.0981. The van der Waals surface area contributed by atoms with Crippen LogP contribution in [0.5, 0.6) is 5.75 Å². The molecule has 3 aliphatic rings. The number of aromatic amines is 1. The van der Waals surface area contributed by atoms with Gasteiger partial charge in [-0.1, -0.05) is 24.3 Å². The van der Waals surface area contributed by atoms with Crippen LogP contribution < -0.4 is 15.6 Å². The molecule has 2 atom stereocenters. The number of benzene rings is 2. The molecule has 10 heteroatoms. The largest absolute Gasteiger partial charge is 0.492 e. The number of hydrogen-bond donors (Lipinski definition) is 2. The number of H-pyrrole nitrogens is 1. The lowest BCUT2D eigenvalue weighted by atomic mass is 9.98. The molecule has 2 fully saturated rings. The van der Waals surface area contributed by atoms with Crippen molar-refractivity contribution in [1.29, 1.82) is 0 Å². The van der Waals surface area contributed by atoms with Crippen LogP contribution in [0.25, 0.3) is 10.8 Å². The van der Waals surface area contributed by atoms with Gasteiger partial charge >= 0.3 is 0 Å². The fraction of sp³-hybridized carbons (Fsp3) is 0.407. The normalized spacial score (nSPS) is 21.2. The summed E-state index contributed by atoms with van der Waals surface area (Å²) >= 11 is 0. The first-order chi connectivity index (χ1) is 18.0. The average Bonchev–Trinajstić information content (AvgIpc) is 3.58. The summed E-state index contributed by atoms with van der Waals surface area (Å²) in [4.78, 5) is 42.0. The number of rotatable bonds is 4. The molecule has 2 amide bonds. The highest BCUT2D eigenvalue weighted by atomic mass is 19.1. The maximum atomic E-state index is 13.6. The molecule has 192 valence electrons. The highest BCUT2D eigenvalue weighted by molar-refractivity contribution is 5.98. The molecule has 0 spiro atoms. The van der Waals surface area contributed by atoms with Crippen LogP contribution in [0.3, 0.4) is 0 Å². The number of ether oxygens (including phenoxy) is 1. The smallest absolute Gasteiger partial charge is 0.272 e. The Hall–Kier alpha value is -3.79. The van der Waals surface area contributed by atoms with Crippen LogP contribution in [0, 0.1) is 0 Å². The van der Waals surface area contributed by atoms with E-state index in [9.17, 15) is 18.8 Å². The van der Waals surface area contributed by atoms with Crippen LogP contribution in [0.2, 0.25) is 0 Å². The standard InChI is InChI=1S/C27H28FN5O4/c28-18-14-23(29-15-18)27(36)33-8-6-32(7-9-33)26(35)21-12-16(11-17-5-10-37-24(17)21)13-22-19-3-1-2-4-20(19)25(34)31-30-22/h1-4,11-12,18,23,29H,5-10,13-15H2,(H,31,34). The molecule has 0 bridgehead atoms. The Kier molecular flexibility index (Phi) is 6.11. The molecular weight excluding hydrogens is 477 g/mol. The number of aromatic nitrogens is 2. The fourth-order valence-electron chi connectivity index (χ4n) is 5.54. The number of nitrogens with one attached hydrogen (secondary N) is 2. The van der Waals surface area contributed by atoms with E-state index in [1.54, 1.807) is 15.9 Å². The lowest BCUT2D eigenvalue weighted by Gasteiger charge is -2.36. The van der Waals surface area contributed by atoms with Crippen LogP contribution in [-0.4, -0.2) is 83.4 Å². The second-order valence-corrected chi connectivity index (χ2v) is 9.86.